The van der Waals surface area contributed by atoms with Gasteiger partial charge in [-0.05, 0) is 36.7 Å². The number of rotatable bonds is 2. The molecule has 5 heteroatoms. The average molecular weight is 236 g/mol. The third-order valence-electron chi connectivity index (χ3n) is 2.07. The topological polar surface area (TPSA) is 47.9 Å². The zero-order valence-electron chi connectivity index (χ0n) is 8.94. The Bertz CT molecular complexity index is 496. The van der Waals surface area contributed by atoms with E-state index >= 15 is 0 Å². The van der Waals surface area contributed by atoms with E-state index in [0.717, 1.165) is 11.3 Å². The summed E-state index contributed by atoms with van der Waals surface area (Å²) < 4.78 is 5.16. The summed E-state index contributed by atoms with van der Waals surface area (Å²) in [4.78, 5) is 12.3. The van der Waals surface area contributed by atoms with E-state index in [9.17, 15) is 0 Å². The van der Waals surface area contributed by atoms with Crippen molar-refractivity contribution in [1.82, 2.24) is 15.0 Å². The van der Waals surface area contributed by atoms with Crippen LogP contribution in [0.4, 0.5) is 0 Å². The van der Waals surface area contributed by atoms with E-state index in [1.165, 1.54) is 0 Å². The molecule has 2 rings (SSSR count). The zero-order chi connectivity index (χ0) is 11.5. The predicted octanol–water partition coefficient (Wildman–Crippen LogP) is 2.51. The lowest BCUT2D eigenvalue weighted by Gasteiger charge is -2.06. The van der Waals surface area contributed by atoms with Crippen LogP contribution in [0.1, 0.15) is 5.69 Å². The molecular weight excluding hydrogens is 226 g/mol. The molecule has 82 valence electrons. The summed E-state index contributed by atoms with van der Waals surface area (Å²) in [6.45, 7) is 1.86. The van der Waals surface area contributed by atoms with E-state index in [4.69, 9.17) is 16.3 Å². The highest BCUT2D eigenvalue weighted by Crippen LogP contribution is 2.26. The highest BCUT2D eigenvalue weighted by molar-refractivity contribution is 6.28. The zero-order valence-corrected chi connectivity index (χ0v) is 9.69. The fourth-order valence-electron chi connectivity index (χ4n) is 1.42. The molecule has 0 amide bonds. The maximum atomic E-state index is 5.81. The van der Waals surface area contributed by atoms with E-state index in [-0.39, 0.29) is 5.28 Å². The van der Waals surface area contributed by atoms with Crippen molar-refractivity contribution in [3.05, 3.63) is 35.4 Å². The average Bonchev–Trinajstić information content (AvgIpc) is 2.27. The number of hydrogen-bond donors (Lipinski definition) is 0. The van der Waals surface area contributed by atoms with Crippen molar-refractivity contribution in [2.75, 3.05) is 7.11 Å². The number of nitrogens with zero attached hydrogens (tertiary/aromatic N) is 3. The Hall–Kier alpha value is -1.68. The van der Waals surface area contributed by atoms with Gasteiger partial charge in [0.2, 0.25) is 11.2 Å². The van der Waals surface area contributed by atoms with Crippen molar-refractivity contribution >= 4 is 11.6 Å². The SMILES string of the molecule is COc1ncccc1-c1cc(C)nc(Cl)n1. The summed E-state index contributed by atoms with van der Waals surface area (Å²) in [7, 11) is 1.57. The van der Waals surface area contributed by atoms with Crippen LogP contribution in [0, 0.1) is 6.92 Å². The van der Waals surface area contributed by atoms with Crippen LogP contribution in [-0.4, -0.2) is 22.1 Å². The van der Waals surface area contributed by atoms with Gasteiger partial charge >= 0.3 is 0 Å². The molecule has 0 aliphatic rings. The minimum absolute atomic E-state index is 0.223. The lowest BCUT2D eigenvalue weighted by Crippen LogP contribution is -1.95. The van der Waals surface area contributed by atoms with Gasteiger partial charge in [0.15, 0.2) is 0 Å². The van der Waals surface area contributed by atoms with E-state index < -0.39 is 0 Å². The summed E-state index contributed by atoms with van der Waals surface area (Å²) in [5, 5.41) is 0.223. The van der Waals surface area contributed by atoms with Gasteiger partial charge in [-0.25, -0.2) is 15.0 Å². The highest BCUT2D eigenvalue weighted by Gasteiger charge is 2.09. The maximum Gasteiger partial charge on any atom is 0.223 e. The predicted molar refractivity (Wildman–Crippen MR) is 61.6 cm³/mol. The molecular formula is C11H10ClN3O. The number of halogens is 1. The largest absolute Gasteiger partial charge is 0.481 e. The van der Waals surface area contributed by atoms with Crippen LogP contribution in [0.2, 0.25) is 5.28 Å². The fraction of sp³-hybridized carbons (Fsp3) is 0.182. The normalized spacial score (nSPS) is 10.2. The molecule has 0 atom stereocenters. The standard InChI is InChI=1S/C11H10ClN3O/c1-7-6-9(15-11(12)14-7)8-4-3-5-13-10(8)16-2/h3-6H,1-2H3. The van der Waals surface area contributed by atoms with E-state index in [1.54, 1.807) is 13.3 Å². The number of ether oxygens (including phenoxy) is 1. The molecule has 2 aromatic heterocycles. The van der Waals surface area contributed by atoms with Gasteiger partial charge in [0.25, 0.3) is 0 Å². The second-order valence-electron chi connectivity index (χ2n) is 3.22. The van der Waals surface area contributed by atoms with Gasteiger partial charge in [-0.15, -0.1) is 0 Å². The Kier molecular flexibility index (Phi) is 3.01. The molecule has 0 aliphatic heterocycles. The Balaban J connectivity index is 2.58. The number of aromatic nitrogens is 3. The first-order chi connectivity index (χ1) is 7.70. The third-order valence-corrected chi connectivity index (χ3v) is 2.24. The number of aryl methyl sites for hydroxylation is 1. The van der Waals surface area contributed by atoms with Crippen molar-refractivity contribution in [3.63, 3.8) is 0 Å². The number of hydrogen-bond acceptors (Lipinski definition) is 4. The van der Waals surface area contributed by atoms with Gasteiger partial charge in [0.1, 0.15) is 0 Å². The maximum absolute atomic E-state index is 5.81. The molecule has 0 saturated carbocycles. The lowest BCUT2D eigenvalue weighted by molar-refractivity contribution is 0.399. The van der Waals surface area contributed by atoms with Crippen molar-refractivity contribution in [2.45, 2.75) is 6.92 Å². The van der Waals surface area contributed by atoms with Crippen LogP contribution < -0.4 is 4.74 Å². The van der Waals surface area contributed by atoms with Crippen LogP contribution in [0.3, 0.4) is 0 Å². The first-order valence-corrected chi connectivity index (χ1v) is 5.09. The van der Waals surface area contributed by atoms with Gasteiger partial charge < -0.3 is 4.74 Å². The molecule has 2 heterocycles. The Labute approximate surface area is 98.3 Å². The Morgan fingerprint density at radius 1 is 1.31 bits per heavy atom. The van der Waals surface area contributed by atoms with Crippen LogP contribution in [0.25, 0.3) is 11.3 Å². The Morgan fingerprint density at radius 3 is 2.81 bits per heavy atom. The van der Waals surface area contributed by atoms with Crippen LogP contribution in [0.5, 0.6) is 5.88 Å². The number of pyridine rings is 1. The summed E-state index contributed by atoms with van der Waals surface area (Å²) in [6, 6.07) is 5.54. The van der Waals surface area contributed by atoms with E-state index in [0.29, 0.717) is 11.6 Å². The molecule has 16 heavy (non-hydrogen) atoms. The summed E-state index contributed by atoms with van der Waals surface area (Å²) in [5.74, 6) is 0.525. The van der Waals surface area contributed by atoms with Crippen LogP contribution >= 0.6 is 11.6 Å². The Morgan fingerprint density at radius 2 is 2.12 bits per heavy atom. The monoisotopic (exact) mass is 235 g/mol. The quantitative estimate of drug-likeness (QED) is 0.751. The minimum atomic E-state index is 0.223. The molecule has 2 aromatic rings. The molecule has 0 aromatic carbocycles. The second-order valence-corrected chi connectivity index (χ2v) is 3.56. The van der Waals surface area contributed by atoms with E-state index in [2.05, 4.69) is 15.0 Å². The molecule has 0 bridgehead atoms. The molecule has 0 unspecified atom stereocenters. The van der Waals surface area contributed by atoms with Crippen LogP contribution in [0.15, 0.2) is 24.4 Å². The van der Waals surface area contributed by atoms with Crippen LogP contribution in [-0.2, 0) is 0 Å². The minimum Gasteiger partial charge on any atom is -0.481 e. The number of methoxy groups -OCH3 is 1. The summed E-state index contributed by atoms with van der Waals surface area (Å²) in [5.41, 5.74) is 2.32. The molecule has 4 nitrogen and oxygen atoms in total. The third kappa shape index (κ3) is 2.12. The van der Waals surface area contributed by atoms with Gasteiger partial charge in [-0.2, -0.15) is 0 Å². The first kappa shape index (κ1) is 10.8. The molecule has 0 radical (unpaired) electrons. The summed E-state index contributed by atoms with van der Waals surface area (Å²) >= 11 is 5.81. The van der Waals surface area contributed by atoms with Crippen molar-refractivity contribution in [3.8, 4) is 17.1 Å². The van der Waals surface area contributed by atoms with Gasteiger partial charge in [-0.1, -0.05) is 0 Å². The highest BCUT2D eigenvalue weighted by atomic mass is 35.5. The first-order valence-electron chi connectivity index (χ1n) is 4.71. The second kappa shape index (κ2) is 4.45. The smallest absolute Gasteiger partial charge is 0.223 e. The molecule has 0 aliphatic carbocycles. The van der Waals surface area contributed by atoms with Gasteiger partial charge in [0, 0.05) is 11.9 Å². The van der Waals surface area contributed by atoms with Gasteiger partial charge in [0.05, 0.1) is 18.4 Å². The molecule has 0 fully saturated rings. The van der Waals surface area contributed by atoms with Gasteiger partial charge in [-0.3, -0.25) is 0 Å². The van der Waals surface area contributed by atoms with Crippen molar-refractivity contribution < 1.29 is 4.74 Å². The fourth-order valence-corrected chi connectivity index (χ4v) is 1.64. The van der Waals surface area contributed by atoms with Crippen molar-refractivity contribution in [1.29, 1.82) is 0 Å². The summed E-state index contributed by atoms with van der Waals surface area (Å²) in [6.07, 6.45) is 1.66. The molecule has 0 N–H and O–H groups in total. The van der Waals surface area contributed by atoms with E-state index in [1.807, 2.05) is 25.1 Å². The van der Waals surface area contributed by atoms with Crippen molar-refractivity contribution in [2.24, 2.45) is 0 Å². The molecule has 0 saturated heterocycles. The molecule has 0 spiro atoms. The lowest BCUT2D eigenvalue weighted by atomic mass is 10.2.